The van der Waals surface area contributed by atoms with Crippen LogP contribution in [0.25, 0.3) is 11.0 Å². The maximum atomic E-state index is 13.1. The van der Waals surface area contributed by atoms with E-state index in [1.165, 1.54) is 19.3 Å². The van der Waals surface area contributed by atoms with Crippen molar-refractivity contribution in [3.05, 3.63) is 36.1 Å². The predicted octanol–water partition coefficient (Wildman–Crippen LogP) is 4.49. The van der Waals surface area contributed by atoms with Crippen LogP contribution < -0.4 is 4.90 Å². The molecule has 1 spiro atoms. The lowest BCUT2D eigenvalue weighted by Gasteiger charge is -2.31. The van der Waals surface area contributed by atoms with E-state index in [1.807, 2.05) is 19.2 Å². The summed E-state index contributed by atoms with van der Waals surface area (Å²) in [5.74, 6) is 2.12. The fourth-order valence-corrected chi connectivity index (χ4v) is 5.08. The molecule has 0 radical (unpaired) electrons. The fourth-order valence-electron chi connectivity index (χ4n) is 5.08. The summed E-state index contributed by atoms with van der Waals surface area (Å²) in [6.45, 7) is 4.02. The van der Waals surface area contributed by atoms with Gasteiger partial charge >= 0.3 is 0 Å². The Labute approximate surface area is 182 Å². The van der Waals surface area contributed by atoms with Crippen molar-refractivity contribution in [2.24, 2.45) is 11.3 Å². The zero-order valence-electron chi connectivity index (χ0n) is 18.3. The van der Waals surface area contributed by atoms with E-state index in [9.17, 15) is 4.79 Å². The zero-order chi connectivity index (χ0) is 21.3. The number of nitrogens with zero attached hydrogens (tertiary/aromatic N) is 4. The first kappa shape index (κ1) is 20.2. The molecule has 3 aromatic rings. The van der Waals surface area contributed by atoms with Gasteiger partial charge in [0, 0.05) is 31.3 Å². The van der Waals surface area contributed by atoms with E-state index in [0.717, 1.165) is 67.7 Å². The largest absolute Gasteiger partial charge is 0.361 e. The molecule has 1 N–H and O–H groups in total. The minimum atomic E-state index is 0.101. The van der Waals surface area contributed by atoms with E-state index in [4.69, 9.17) is 4.52 Å². The Morgan fingerprint density at radius 1 is 1.26 bits per heavy atom. The average molecular weight is 422 g/mol. The van der Waals surface area contributed by atoms with Gasteiger partial charge in [-0.15, -0.1) is 0 Å². The maximum absolute atomic E-state index is 13.1. The van der Waals surface area contributed by atoms with Crippen LogP contribution in [-0.4, -0.2) is 39.0 Å². The highest BCUT2D eigenvalue weighted by molar-refractivity contribution is 5.87. The number of hydrogen-bond acceptors (Lipinski definition) is 6. The van der Waals surface area contributed by atoms with Crippen molar-refractivity contribution >= 4 is 22.6 Å². The Kier molecular flexibility index (Phi) is 5.50. The SMILES string of the molecule is CCc1cc(CC(=O)C2CCCN(c3ncnc4[nH]ccc34)CC3(CCC2)CC3)on1. The molecule has 1 aliphatic carbocycles. The maximum Gasteiger partial charge on any atom is 0.144 e. The Morgan fingerprint density at radius 3 is 2.94 bits per heavy atom. The van der Waals surface area contributed by atoms with Crippen molar-refractivity contribution in [2.75, 3.05) is 18.0 Å². The number of aromatic nitrogens is 4. The number of ketones is 1. The topological polar surface area (TPSA) is 87.9 Å². The molecule has 7 heteroatoms. The second kappa shape index (κ2) is 8.44. The van der Waals surface area contributed by atoms with Crippen molar-refractivity contribution in [2.45, 2.75) is 64.7 Å². The number of fused-ring (bicyclic) bond motifs is 1. The van der Waals surface area contributed by atoms with Crippen molar-refractivity contribution in [1.82, 2.24) is 20.1 Å². The number of aromatic amines is 1. The van der Waals surface area contributed by atoms with Gasteiger partial charge in [-0.05, 0) is 56.4 Å². The summed E-state index contributed by atoms with van der Waals surface area (Å²) in [6, 6.07) is 3.99. The van der Waals surface area contributed by atoms with Gasteiger partial charge in [0.15, 0.2) is 0 Å². The highest BCUT2D eigenvalue weighted by atomic mass is 16.5. The molecule has 1 aliphatic heterocycles. The number of rotatable bonds is 5. The van der Waals surface area contributed by atoms with Crippen LogP contribution in [-0.2, 0) is 17.6 Å². The van der Waals surface area contributed by atoms with Crippen LogP contribution >= 0.6 is 0 Å². The molecule has 1 atom stereocenters. The second-order valence-corrected chi connectivity index (χ2v) is 9.37. The van der Waals surface area contributed by atoms with Crippen LogP contribution in [0.5, 0.6) is 0 Å². The van der Waals surface area contributed by atoms with Gasteiger partial charge in [-0.1, -0.05) is 18.5 Å². The molecule has 4 heterocycles. The number of carbonyl (C=O) groups is 1. The van der Waals surface area contributed by atoms with E-state index >= 15 is 0 Å². The summed E-state index contributed by atoms with van der Waals surface area (Å²) in [5, 5.41) is 5.12. The lowest BCUT2D eigenvalue weighted by Crippen LogP contribution is -2.34. The molecule has 7 nitrogen and oxygen atoms in total. The number of carbonyl (C=O) groups excluding carboxylic acids is 1. The Morgan fingerprint density at radius 2 is 2.13 bits per heavy atom. The van der Waals surface area contributed by atoms with E-state index in [1.54, 1.807) is 6.33 Å². The summed E-state index contributed by atoms with van der Waals surface area (Å²) in [7, 11) is 0. The summed E-state index contributed by atoms with van der Waals surface area (Å²) < 4.78 is 5.37. The first-order valence-electron chi connectivity index (χ1n) is 11.7. The Bertz CT molecular complexity index is 1050. The molecule has 1 saturated carbocycles. The smallest absolute Gasteiger partial charge is 0.144 e. The fraction of sp³-hybridized carbons (Fsp3) is 0.583. The number of hydrogen-bond donors (Lipinski definition) is 1. The van der Waals surface area contributed by atoms with Gasteiger partial charge in [-0.2, -0.15) is 0 Å². The lowest BCUT2D eigenvalue weighted by molar-refractivity contribution is -0.123. The quantitative estimate of drug-likeness (QED) is 0.653. The lowest BCUT2D eigenvalue weighted by atomic mass is 9.86. The van der Waals surface area contributed by atoms with Crippen LogP contribution in [0.3, 0.4) is 0 Å². The molecule has 2 aliphatic rings. The third-order valence-electron chi connectivity index (χ3n) is 7.13. The van der Waals surface area contributed by atoms with Crippen LogP contribution in [0.1, 0.15) is 63.3 Å². The molecule has 5 rings (SSSR count). The van der Waals surface area contributed by atoms with Crippen LogP contribution in [0.15, 0.2) is 29.2 Å². The van der Waals surface area contributed by atoms with Crippen LogP contribution in [0, 0.1) is 11.3 Å². The molecule has 1 saturated heterocycles. The third kappa shape index (κ3) is 4.36. The van der Waals surface area contributed by atoms with Crippen molar-refractivity contribution < 1.29 is 9.32 Å². The number of nitrogens with one attached hydrogen (secondary N) is 1. The number of aryl methyl sites for hydroxylation is 1. The van der Waals surface area contributed by atoms with E-state index in [2.05, 4.69) is 31.1 Å². The third-order valence-corrected chi connectivity index (χ3v) is 7.13. The molecule has 3 aromatic heterocycles. The van der Waals surface area contributed by atoms with Crippen molar-refractivity contribution in [3.63, 3.8) is 0 Å². The van der Waals surface area contributed by atoms with E-state index in [-0.39, 0.29) is 5.92 Å². The first-order chi connectivity index (χ1) is 15.2. The number of H-pyrrole nitrogens is 1. The summed E-state index contributed by atoms with van der Waals surface area (Å²) in [4.78, 5) is 27.7. The van der Waals surface area contributed by atoms with Gasteiger partial charge in [-0.25, -0.2) is 9.97 Å². The zero-order valence-corrected chi connectivity index (χ0v) is 18.3. The minimum Gasteiger partial charge on any atom is -0.361 e. The standard InChI is InChI=1S/C24H31N5O2/c1-2-18-13-19(31-28-18)14-21(30)17-5-3-8-24(9-10-24)15-29(12-4-6-17)23-20-7-11-25-22(20)26-16-27-23/h7,11,13,16-17H,2-6,8-10,12,14-15H2,1H3,(H,25,26,27). The van der Waals surface area contributed by atoms with Crippen LogP contribution in [0.4, 0.5) is 5.82 Å². The van der Waals surface area contributed by atoms with Gasteiger partial charge < -0.3 is 14.4 Å². The monoisotopic (exact) mass is 421 g/mol. The first-order valence-corrected chi connectivity index (χ1v) is 11.7. The van der Waals surface area contributed by atoms with E-state index in [0.29, 0.717) is 23.4 Å². The van der Waals surface area contributed by atoms with Gasteiger partial charge in [0.25, 0.3) is 0 Å². The van der Waals surface area contributed by atoms with Crippen molar-refractivity contribution in [1.29, 1.82) is 0 Å². The average Bonchev–Trinajstić information content (AvgIpc) is 3.16. The minimum absolute atomic E-state index is 0.101. The van der Waals surface area contributed by atoms with Gasteiger partial charge in [-0.3, -0.25) is 4.79 Å². The second-order valence-electron chi connectivity index (χ2n) is 9.37. The molecule has 1 unspecified atom stereocenters. The van der Waals surface area contributed by atoms with Crippen LogP contribution in [0.2, 0.25) is 0 Å². The number of Topliss-reactive ketones (excluding diaryl/α,β-unsaturated/α-hetero) is 1. The molecule has 2 fully saturated rings. The van der Waals surface area contributed by atoms with Gasteiger partial charge in [0.1, 0.15) is 29.3 Å². The predicted molar refractivity (Wildman–Crippen MR) is 119 cm³/mol. The van der Waals surface area contributed by atoms with E-state index < -0.39 is 0 Å². The highest BCUT2D eigenvalue weighted by Crippen LogP contribution is 2.51. The summed E-state index contributed by atoms with van der Waals surface area (Å²) in [5.41, 5.74) is 2.19. The van der Waals surface area contributed by atoms with Gasteiger partial charge in [0.2, 0.25) is 0 Å². The molecule has 0 aromatic carbocycles. The summed E-state index contributed by atoms with van der Waals surface area (Å²) >= 11 is 0. The molecule has 0 bridgehead atoms. The molecule has 31 heavy (non-hydrogen) atoms. The highest BCUT2D eigenvalue weighted by Gasteiger charge is 2.44. The number of anilines is 1. The van der Waals surface area contributed by atoms with Crippen molar-refractivity contribution in [3.8, 4) is 0 Å². The molecular formula is C24H31N5O2. The molecule has 0 amide bonds. The molecular weight excluding hydrogens is 390 g/mol. The summed E-state index contributed by atoms with van der Waals surface area (Å²) in [6.07, 6.45) is 12.5. The Hall–Kier alpha value is -2.70. The molecule has 164 valence electrons. The van der Waals surface area contributed by atoms with Gasteiger partial charge in [0.05, 0.1) is 17.5 Å². The Balaban J connectivity index is 1.31. The normalized spacial score (nSPS) is 21.5.